The molecule has 0 spiro atoms. The minimum atomic E-state index is 1.10. The van der Waals surface area contributed by atoms with Gasteiger partial charge in [0.25, 0.3) is 0 Å². The Labute approximate surface area is 228 Å². The predicted octanol–water partition coefficient (Wildman–Crippen LogP) is 9.35. The van der Waals surface area contributed by atoms with Gasteiger partial charge in [0, 0.05) is 27.5 Å². The molecule has 0 unspecified atom stereocenters. The maximum atomic E-state index is 5.59. The third-order valence-electron chi connectivity index (χ3n) is 7.63. The van der Waals surface area contributed by atoms with E-state index in [0.717, 1.165) is 22.6 Å². The van der Waals surface area contributed by atoms with Crippen molar-refractivity contribution in [2.24, 2.45) is 0 Å². The van der Waals surface area contributed by atoms with Gasteiger partial charge in [0.15, 0.2) is 0 Å². The number of aryl methyl sites for hydroxylation is 1. The third kappa shape index (κ3) is 3.68. The van der Waals surface area contributed by atoms with Crippen molar-refractivity contribution in [3.05, 3.63) is 139 Å². The lowest BCUT2D eigenvalue weighted by Crippen LogP contribution is -1.98. The first-order chi connectivity index (χ1) is 19.2. The van der Waals surface area contributed by atoms with Crippen molar-refractivity contribution in [2.75, 3.05) is 0 Å². The van der Waals surface area contributed by atoms with E-state index < -0.39 is 0 Å². The van der Waals surface area contributed by atoms with Gasteiger partial charge in [-0.25, -0.2) is 0 Å². The molecule has 7 aromatic rings. The number of nitrogens with zero attached hydrogens (tertiary/aromatic N) is 2. The smallest absolute Gasteiger partial charge is 0.0541 e. The monoisotopic (exact) mass is 498 g/mol. The Morgan fingerprint density at radius 1 is 0.564 bits per heavy atom. The van der Waals surface area contributed by atoms with E-state index in [1.807, 2.05) is 6.08 Å². The number of hydrogen-bond acceptors (Lipinski definition) is 0. The van der Waals surface area contributed by atoms with Crippen LogP contribution in [0.15, 0.2) is 127 Å². The SMILES string of the molecule is C#C/C=C\c1c(C)c2ccccc2n1-c1cccc(-c2cccc(-n3c4ccccc4c4ccccc43)c2)c1. The van der Waals surface area contributed by atoms with Gasteiger partial charge in [-0.15, -0.1) is 6.42 Å². The summed E-state index contributed by atoms with van der Waals surface area (Å²) >= 11 is 0. The fraction of sp³-hybridized carbons (Fsp3) is 0.0270. The second-order valence-electron chi connectivity index (χ2n) is 9.83. The predicted molar refractivity (Wildman–Crippen MR) is 166 cm³/mol. The number of allylic oxidation sites excluding steroid dienone is 1. The number of rotatable bonds is 4. The Balaban J connectivity index is 1.40. The average molecular weight is 499 g/mol. The number of fused-ring (bicyclic) bond motifs is 4. The minimum Gasteiger partial charge on any atom is -0.310 e. The first kappa shape index (κ1) is 22.9. The molecule has 0 saturated heterocycles. The van der Waals surface area contributed by atoms with E-state index in [1.165, 1.54) is 43.8 Å². The number of benzene rings is 5. The molecule has 0 N–H and O–H groups in total. The maximum absolute atomic E-state index is 5.59. The fourth-order valence-electron chi connectivity index (χ4n) is 5.88. The van der Waals surface area contributed by atoms with Crippen molar-refractivity contribution in [2.45, 2.75) is 6.92 Å². The van der Waals surface area contributed by atoms with Gasteiger partial charge in [-0.3, -0.25) is 0 Å². The van der Waals surface area contributed by atoms with Crippen molar-refractivity contribution >= 4 is 38.8 Å². The van der Waals surface area contributed by atoms with Crippen LogP contribution in [0.1, 0.15) is 11.3 Å². The fourth-order valence-corrected chi connectivity index (χ4v) is 5.88. The molecule has 0 amide bonds. The summed E-state index contributed by atoms with van der Waals surface area (Å²) in [6.45, 7) is 2.16. The third-order valence-corrected chi connectivity index (χ3v) is 7.63. The van der Waals surface area contributed by atoms with Crippen LogP contribution in [0.4, 0.5) is 0 Å². The van der Waals surface area contributed by atoms with Crippen LogP contribution >= 0.6 is 0 Å². The average Bonchev–Trinajstić information content (AvgIpc) is 3.48. The van der Waals surface area contributed by atoms with Crippen molar-refractivity contribution in [3.63, 3.8) is 0 Å². The van der Waals surface area contributed by atoms with Crippen LogP contribution in [0, 0.1) is 19.3 Å². The molecular formula is C37H26N2. The highest BCUT2D eigenvalue weighted by atomic mass is 15.0. The Kier molecular flexibility index (Phi) is 5.43. The first-order valence-electron chi connectivity index (χ1n) is 13.2. The summed E-state index contributed by atoms with van der Waals surface area (Å²) in [6.07, 6.45) is 9.39. The zero-order chi connectivity index (χ0) is 26.3. The lowest BCUT2D eigenvalue weighted by atomic mass is 10.0. The maximum Gasteiger partial charge on any atom is 0.0541 e. The molecular weight excluding hydrogens is 472 g/mol. The van der Waals surface area contributed by atoms with Crippen LogP contribution < -0.4 is 0 Å². The molecule has 0 atom stereocenters. The lowest BCUT2D eigenvalue weighted by Gasteiger charge is -2.13. The summed E-state index contributed by atoms with van der Waals surface area (Å²) < 4.78 is 4.67. The zero-order valence-corrected chi connectivity index (χ0v) is 21.7. The van der Waals surface area contributed by atoms with Gasteiger partial charge in [-0.05, 0) is 78.2 Å². The molecule has 0 aliphatic carbocycles. The molecule has 39 heavy (non-hydrogen) atoms. The highest BCUT2D eigenvalue weighted by Gasteiger charge is 2.15. The van der Waals surface area contributed by atoms with Crippen LogP contribution in [0.2, 0.25) is 0 Å². The summed E-state index contributed by atoms with van der Waals surface area (Å²) in [6, 6.07) is 43.4. The molecule has 5 aromatic carbocycles. The molecule has 184 valence electrons. The molecule has 2 heteroatoms. The van der Waals surface area contributed by atoms with Crippen LogP contribution in [-0.2, 0) is 0 Å². The standard InChI is InChI=1S/C37H26N2/c1-3-4-20-34-26(2)31-17-5-8-21-35(31)38(34)29-15-11-13-27(24-29)28-14-12-16-30(25-28)39-36-22-9-6-18-32(36)33-19-7-10-23-37(33)39/h1,4-25H,2H3/b20-4-. The Bertz CT molecular complexity index is 2040. The number of para-hydroxylation sites is 3. The number of terminal acetylenes is 1. The lowest BCUT2D eigenvalue weighted by molar-refractivity contribution is 1.10. The second kappa shape index (κ2) is 9.24. The molecule has 2 heterocycles. The van der Waals surface area contributed by atoms with Gasteiger partial charge in [-0.1, -0.05) is 84.8 Å². The summed E-state index contributed by atoms with van der Waals surface area (Å²) in [5.74, 6) is 2.65. The topological polar surface area (TPSA) is 9.86 Å². The van der Waals surface area contributed by atoms with Crippen molar-refractivity contribution in [3.8, 4) is 34.8 Å². The van der Waals surface area contributed by atoms with Gasteiger partial charge < -0.3 is 9.13 Å². The van der Waals surface area contributed by atoms with Gasteiger partial charge in [0.05, 0.1) is 22.2 Å². The molecule has 0 saturated carbocycles. The van der Waals surface area contributed by atoms with Crippen molar-refractivity contribution in [1.29, 1.82) is 0 Å². The van der Waals surface area contributed by atoms with Crippen LogP contribution in [0.5, 0.6) is 0 Å². The molecule has 0 bridgehead atoms. The molecule has 0 fully saturated rings. The van der Waals surface area contributed by atoms with Gasteiger partial charge in [-0.2, -0.15) is 0 Å². The Hall–Kier alpha value is -5.26. The first-order valence-corrected chi connectivity index (χ1v) is 13.2. The number of hydrogen-bond donors (Lipinski definition) is 0. The van der Waals surface area contributed by atoms with Gasteiger partial charge in [0.1, 0.15) is 0 Å². The summed E-state index contributed by atoms with van der Waals surface area (Å²) in [5.41, 5.74) is 10.5. The minimum absolute atomic E-state index is 1.10. The highest BCUT2D eigenvalue weighted by Crippen LogP contribution is 2.35. The van der Waals surface area contributed by atoms with Gasteiger partial charge in [0.2, 0.25) is 0 Å². The van der Waals surface area contributed by atoms with Crippen LogP contribution in [-0.4, -0.2) is 9.13 Å². The van der Waals surface area contributed by atoms with E-state index in [1.54, 1.807) is 6.08 Å². The van der Waals surface area contributed by atoms with E-state index in [2.05, 4.69) is 143 Å². The Morgan fingerprint density at radius 3 is 1.62 bits per heavy atom. The number of aromatic nitrogens is 2. The quantitative estimate of drug-likeness (QED) is 0.214. The van der Waals surface area contributed by atoms with E-state index >= 15 is 0 Å². The Morgan fingerprint density at radius 2 is 1.05 bits per heavy atom. The highest BCUT2D eigenvalue weighted by molar-refractivity contribution is 6.09. The second-order valence-corrected chi connectivity index (χ2v) is 9.83. The van der Waals surface area contributed by atoms with Crippen LogP contribution in [0.25, 0.3) is 61.3 Å². The largest absolute Gasteiger partial charge is 0.310 e. The zero-order valence-electron chi connectivity index (χ0n) is 21.7. The summed E-state index contributed by atoms with van der Waals surface area (Å²) in [7, 11) is 0. The molecule has 2 aromatic heterocycles. The van der Waals surface area contributed by atoms with Crippen molar-refractivity contribution < 1.29 is 0 Å². The van der Waals surface area contributed by atoms with Crippen LogP contribution in [0.3, 0.4) is 0 Å². The summed E-state index contributed by atoms with van der Waals surface area (Å²) in [4.78, 5) is 0. The molecule has 0 aliphatic rings. The van der Waals surface area contributed by atoms with Gasteiger partial charge >= 0.3 is 0 Å². The molecule has 0 aliphatic heterocycles. The molecule has 2 nitrogen and oxygen atoms in total. The molecule has 0 radical (unpaired) electrons. The van der Waals surface area contributed by atoms with E-state index in [9.17, 15) is 0 Å². The van der Waals surface area contributed by atoms with E-state index in [-0.39, 0.29) is 0 Å². The summed E-state index contributed by atoms with van der Waals surface area (Å²) in [5, 5.41) is 3.76. The van der Waals surface area contributed by atoms with E-state index in [0.29, 0.717) is 0 Å². The molecule has 7 rings (SSSR count). The van der Waals surface area contributed by atoms with Crippen molar-refractivity contribution in [1.82, 2.24) is 9.13 Å². The van der Waals surface area contributed by atoms with E-state index in [4.69, 9.17) is 6.42 Å². The normalized spacial score (nSPS) is 11.6.